The molecule has 1 aliphatic rings. The van der Waals surface area contributed by atoms with Gasteiger partial charge in [0.1, 0.15) is 0 Å². The Bertz CT molecular complexity index is 1290. The number of benzene rings is 2. The summed E-state index contributed by atoms with van der Waals surface area (Å²) in [6.07, 6.45) is 1.86. The van der Waals surface area contributed by atoms with Gasteiger partial charge in [0.05, 0.1) is 29.0 Å². The van der Waals surface area contributed by atoms with E-state index in [1.54, 1.807) is 11.5 Å². The number of ether oxygens (including phenoxy) is 1. The summed E-state index contributed by atoms with van der Waals surface area (Å²) in [5.41, 5.74) is 2.55. The van der Waals surface area contributed by atoms with Gasteiger partial charge in [-0.15, -0.1) is 0 Å². The zero-order valence-electron chi connectivity index (χ0n) is 15.8. The lowest BCUT2D eigenvalue weighted by Gasteiger charge is -2.24. The Labute approximate surface area is 184 Å². The van der Waals surface area contributed by atoms with Gasteiger partial charge in [0.15, 0.2) is 4.80 Å². The molecular weight excluding hydrogens is 499 g/mol. The van der Waals surface area contributed by atoms with E-state index in [1.807, 2.05) is 60.7 Å². The van der Waals surface area contributed by atoms with Gasteiger partial charge in [0.25, 0.3) is 5.56 Å². The Kier molecular flexibility index (Phi) is 5.51. The SMILES string of the molecule is COC(=O)C1=C(C)N=c2sc(=Cc3ccc(I)cc3)c(=O)n2C1c1ccccc1. The third-order valence-electron chi connectivity index (χ3n) is 4.71. The van der Waals surface area contributed by atoms with Crippen LogP contribution in [0, 0.1) is 3.57 Å². The Hall–Kier alpha value is -2.52. The van der Waals surface area contributed by atoms with Crippen molar-refractivity contribution in [2.24, 2.45) is 4.99 Å². The smallest absolute Gasteiger partial charge is 0.338 e. The molecule has 2 aromatic carbocycles. The standard InChI is InChI=1S/C22H17IN2O3S/c1-13-18(21(27)28-2)19(15-6-4-3-5-7-15)25-20(26)17(29-22(25)24-13)12-14-8-10-16(23)11-9-14/h3-12,19H,1-2H3. The van der Waals surface area contributed by atoms with Crippen molar-refractivity contribution in [2.75, 3.05) is 7.11 Å². The molecular formula is C22H17IN2O3S. The summed E-state index contributed by atoms with van der Waals surface area (Å²) in [6, 6.07) is 16.9. The second-order valence-corrected chi connectivity index (χ2v) is 8.79. The molecule has 4 rings (SSSR count). The predicted molar refractivity (Wildman–Crippen MR) is 121 cm³/mol. The van der Waals surface area contributed by atoms with Gasteiger partial charge in [0.2, 0.25) is 0 Å². The van der Waals surface area contributed by atoms with Gasteiger partial charge in [-0.25, -0.2) is 9.79 Å². The highest BCUT2D eigenvalue weighted by atomic mass is 127. The number of carbonyl (C=O) groups is 1. The maximum absolute atomic E-state index is 13.3. The average Bonchev–Trinajstić information content (AvgIpc) is 3.03. The third-order valence-corrected chi connectivity index (χ3v) is 6.41. The first kappa shape index (κ1) is 19.8. The van der Waals surface area contributed by atoms with Crippen LogP contribution in [0.25, 0.3) is 6.08 Å². The van der Waals surface area contributed by atoms with Crippen molar-refractivity contribution in [1.29, 1.82) is 0 Å². The lowest BCUT2D eigenvalue weighted by Crippen LogP contribution is -2.39. The molecule has 0 N–H and O–H groups in total. The molecule has 0 radical (unpaired) electrons. The van der Waals surface area contributed by atoms with E-state index in [9.17, 15) is 9.59 Å². The molecule has 0 saturated heterocycles. The van der Waals surface area contributed by atoms with Crippen LogP contribution < -0.4 is 14.9 Å². The van der Waals surface area contributed by atoms with Crippen LogP contribution in [-0.4, -0.2) is 17.6 Å². The molecule has 0 spiro atoms. The largest absolute Gasteiger partial charge is 0.466 e. The molecule has 29 heavy (non-hydrogen) atoms. The molecule has 1 aromatic heterocycles. The Morgan fingerprint density at radius 1 is 1.17 bits per heavy atom. The Morgan fingerprint density at radius 3 is 2.52 bits per heavy atom. The molecule has 1 atom stereocenters. The zero-order chi connectivity index (χ0) is 20.5. The first-order chi connectivity index (χ1) is 14.0. The minimum Gasteiger partial charge on any atom is -0.466 e. The minimum absolute atomic E-state index is 0.171. The van der Waals surface area contributed by atoms with E-state index in [1.165, 1.54) is 18.4 Å². The number of rotatable bonds is 3. The van der Waals surface area contributed by atoms with E-state index in [2.05, 4.69) is 27.6 Å². The van der Waals surface area contributed by atoms with Crippen molar-refractivity contribution in [3.8, 4) is 0 Å². The Morgan fingerprint density at radius 2 is 1.86 bits per heavy atom. The van der Waals surface area contributed by atoms with Gasteiger partial charge < -0.3 is 4.74 Å². The first-order valence-corrected chi connectivity index (χ1v) is 10.8. The van der Waals surface area contributed by atoms with E-state index >= 15 is 0 Å². The second kappa shape index (κ2) is 8.08. The van der Waals surface area contributed by atoms with Crippen LogP contribution in [0.5, 0.6) is 0 Å². The van der Waals surface area contributed by atoms with Crippen LogP contribution >= 0.6 is 33.9 Å². The van der Waals surface area contributed by atoms with Gasteiger partial charge >= 0.3 is 5.97 Å². The van der Waals surface area contributed by atoms with Crippen LogP contribution in [0.1, 0.15) is 24.1 Å². The summed E-state index contributed by atoms with van der Waals surface area (Å²) < 4.78 is 8.30. The summed E-state index contributed by atoms with van der Waals surface area (Å²) >= 11 is 3.57. The lowest BCUT2D eigenvalue weighted by atomic mass is 9.96. The van der Waals surface area contributed by atoms with Gasteiger partial charge in [-0.2, -0.15) is 0 Å². The molecule has 0 saturated carbocycles. The normalized spacial score (nSPS) is 16.4. The lowest BCUT2D eigenvalue weighted by molar-refractivity contribution is -0.136. The number of fused-ring (bicyclic) bond motifs is 1. The summed E-state index contributed by atoms with van der Waals surface area (Å²) in [5.74, 6) is -0.480. The summed E-state index contributed by atoms with van der Waals surface area (Å²) in [7, 11) is 1.34. The molecule has 0 aliphatic carbocycles. The van der Waals surface area contributed by atoms with Gasteiger partial charge in [-0.3, -0.25) is 9.36 Å². The van der Waals surface area contributed by atoms with E-state index in [-0.39, 0.29) is 5.56 Å². The van der Waals surface area contributed by atoms with Crippen LogP contribution in [0.2, 0.25) is 0 Å². The van der Waals surface area contributed by atoms with Crippen LogP contribution in [0.15, 0.2) is 75.7 Å². The number of nitrogens with zero attached hydrogens (tertiary/aromatic N) is 2. The van der Waals surface area contributed by atoms with E-state index in [4.69, 9.17) is 4.74 Å². The molecule has 0 amide bonds. The fourth-order valence-corrected chi connectivity index (χ4v) is 4.76. The van der Waals surface area contributed by atoms with E-state index in [0.29, 0.717) is 20.6 Å². The quantitative estimate of drug-likeness (QED) is 0.398. The molecule has 0 fully saturated rings. The number of esters is 1. The number of methoxy groups -OCH3 is 1. The van der Waals surface area contributed by atoms with E-state index in [0.717, 1.165) is 14.7 Å². The summed E-state index contributed by atoms with van der Waals surface area (Å²) in [4.78, 5) is 31.0. The first-order valence-electron chi connectivity index (χ1n) is 8.91. The summed E-state index contributed by atoms with van der Waals surface area (Å²) in [5, 5.41) is 0. The van der Waals surface area contributed by atoms with E-state index < -0.39 is 12.0 Å². The number of carbonyl (C=O) groups excluding carboxylic acids is 1. The monoisotopic (exact) mass is 516 g/mol. The zero-order valence-corrected chi connectivity index (χ0v) is 18.7. The second-order valence-electron chi connectivity index (χ2n) is 6.54. The maximum Gasteiger partial charge on any atom is 0.338 e. The Balaban J connectivity index is 1.97. The fourth-order valence-electron chi connectivity index (χ4n) is 3.35. The molecule has 1 aliphatic heterocycles. The molecule has 146 valence electrons. The van der Waals surface area contributed by atoms with Crippen molar-refractivity contribution in [2.45, 2.75) is 13.0 Å². The minimum atomic E-state index is -0.571. The third kappa shape index (κ3) is 3.72. The van der Waals surface area contributed by atoms with Crippen LogP contribution in [0.4, 0.5) is 0 Å². The van der Waals surface area contributed by atoms with Crippen molar-refractivity contribution >= 4 is 46.0 Å². The number of thiazole rings is 1. The molecule has 3 aromatic rings. The molecule has 5 nitrogen and oxygen atoms in total. The van der Waals surface area contributed by atoms with Gasteiger partial charge in [-0.1, -0.05) is 53.8 Å². The van der Waals surface area contributed by atoms with Crippen LogP contribution in [-0.2, 0) is 9.53 Å². The van der Waals surface area contributed by atoms with Crippen molar-refractivity contribution in [3.05, 3.63) is 100 Å². The highest BCUT2D eigenvalue weighted by molar-refractivity contribution is 14.1. The van der Waals surface area contributed by atoms with Crippen molar-refractivity contribution in [1.82, 2.24) is 4.57 Å². The number of hydrogen-bond acceptors (Lipinski definition) is 5. The maximum atomic E-state index is 13.3. The fraction of sp³-hybridized carbons (Fsp3) is 0.136. The molecule has 1 unspecified atom stereocenters. The number of allylic oxidation sites excluding steroid dienone is 1. The number of halogens is 1. The highest BCUT2D eigenvalue weighted by Crippen LogP contribution is 2.30. The highest BCUT2D eigenvalue weighted by Gasteiger charge is 2.32. The topological polar surface area (TPSA) is 60.7 Å². The van der Waals surface area contributed by atoms with Crippen molar-refractivity contribution in [3.63, 3.8) is 0 Å². The molecule has 0 bridgehead atoms. The van der Waals surface area contributed by atoms with Crippen molar-refractivity contribution < 1.29 is 9.53 Å². The van der Waals surface area contributed by atoms with Gasteiger partial charge in [-0.05, 0) is 58.9 Å². The predicted octanol–water partition coefficient (Wildman–Crippen LogP) is 3.01. The number of aromatic nitrogens is 1. The van der Waals surface area contributed by atoms with Gasteiger partial charge in [0, 0.05) is 3.57 Å². The number of hydrogen-bond donors (Lipinski definition) is 0. The summed E-state index contributed by atoms with van der Waals surface area (Å²) in [6.45, 7) is 1.78. The van der Waals surface area contributed by atoms with Crippen LogP contribution in [0.3, 0.4) is 0 Å². The molecule has 7 heteroatoms. The average molecular weight is 516 g/mol. The molecule has 2 heterocycles.